The third-order valence-corrected chi connectivity index (χ3v) is 3.44. The molecule has 0 aliphatic carbocycles. The van der Waals surface area contributed by atoms with E-state index in [9.17, 15) is 0 Å². The molecule has 2 aromatic rings. The summed E-state index contributed by atoms with van der Waals surface area (Å²) in [6.07, 6.45) is 1.77. The highest BCUT2D eigenvalue weighted by Gasteiger charge is 2.06. The molecule has 148 valence electrons. The largest absolute Gasteiger partial charge is 0.490 e. The maximum absolute atomic E-state index is 5.82. The van der Waals surface area contributed by atoms with Crippen molar-refractivity contribution >= 4 is 29.9 Å². The van der Waals surface area contributed by atoms with Gasteiger partial charge in [-0.3, -0.25) is 4.99 Å². The van der Waals surface area contributed by atoms with Crippen molar-refractivity contribution in [3.8, 4) is 17.4 Å². The second-order valence-electron chi connectivity index (χ2n) is 5.33. The topological polar surface area (TPSA) is 77.0 Å². The van der Waals surface area contributed by atoms with Crippen LogP contribution in [0.25, 0.3) is 0 Å². The summed E-state index contributed by atoms with van der Waals surface area (Å²) in [6.45, 7) is 4.44. The lowest BCUT2D eigenvalue weighted by atomic mass is 10.3. The molecule has 0 bridgehead atoms. The van der Waals surface area contributed by atoms with E-state index in [1.807, 2.05) is 43.3 Å². The molecule has 0 spiro atoms. The van der Waals surface area contributed by atoms with Crippen LogP contribution in [0.4, 0.5) is 0 Å². The summed E-state index contributed by atoms with van der Waals surface area (Å²) in [5.41, 5.74) is 1.02. The number of nitrogens with one attached hydrogen (secondary N) is 2. The standard InChI is InChI=1S/C19H26N4O3.HI/c1-4-25-16-7-5-6-8-17(16)26-18-10-9-15(13-22-18)14-23-19(20-2)21-11-12-24-3;/h5-10,13H,4,11-12,14H2,1-3H3,(H2,20,21,23);1H. The molecule has 7 nitrogen and oxygen atoms in total. The Hall–Kier alpha value is -2.07. The molecule has 0 aliphatic heterocycles. The number of pyridine rings is 1. The van der Waals surface area contributed by atoms with Crippen molar-refractivity contribution in [2.24, 2.45) is 4.99 Å². The van der Waals surface area contributed by atoms with Gasteiger partial charge in [-0.25, -0.2) is 4.98 Å². The Kier molecular flexibility index (Phi) is 11.2. The molecule has 0 saturated heterocycles. The monoisotopic (exact) mass is 486 g/mol. The summed E-state index contributed by atoms with van der Waals surface area (Å²) in [7, 11) is 3.40. The van der Waals surface area contributed by atoms with Crippen LogP contribution in [0.2, 0.25) is 0 Å². The van der Waals surface area contributed by atoms with Crippen LogP contribution in [-0.2, 0) is 11.3 Å². The van der Waals surface area contributed by atoms with Gasteiger partial charge in [-0.1, -0.05) is 18.2 Å². The van der Waals surface area contributed by atoms with Gasteiger partial charge in [0, 0.05) is 39.5 Å². The maximum atomic E-state index is 5.82. The first-order valence-electron chi connectivity index (χ1n) is 8.55. The maximum Gasteiger partial charge on any atom is 0.219 e. The van der Waals surface area contributed by atoms with E-state index in [4.69, 9.17) is 14.2 Å². The van der Waals surface area contributed by atoms with Crippen molar-refractivity contribution in [1.82, 2.24) is 15.6 Å². The molecule has 8 heteroatoms. The zero-order valence-corrected chi connectivity index (χ0v) is 18.2. The zero-order chi connectivity index (χ0) is 18.6. The lowest BCUT2D eigenvalue weighted by Crippen LogP contribution is -2.38. The van der Waals surface area contributed by atoms with Crippen LogP contribution < -0.4 is 20.1 Å². The lowest BCUT2D eigenvalue weighted by Gasteiger charge is -2.12. The number of benzene rings is 1. The summed E-state index contributed by atoms with van der Waals surface area (Å²) in [4.78, 5) is 8.51. The molecule has 1 aromatic carbocycles. The Morgan fingerprint density at radius 3 is 2.52 bits per heavy atom. The van der Waals surface area contributed by atoms with Crippen molar-refractivity contribution in [2.45, 2.75) is 13.5 Å². The van der Waals surface area contributed by atoms with Gasteiger partial charge in [0.05, 0.1) is 13.2 Å². The summed E-state index contributed by atoms with van der Waals surface area (Å²) < 4.78 is 16.4. The van der Waals surface area contributed by atoms with Crippen molar-refractivity contribution < 1.29 is 14.2 Å². The molecule has 1 aromatic heterocycles. The number of aromatic nitrogens is 1. The average molecular weight is 486 g/mol. The SMILES string of the molecule is CCOc1ccccc1Oc1ccc(CNC(=NC)NCCOC)cn1.I. The minimum absolute atomic E-state index is 0. The highest BCUT2D eigenvalue weighted by atomic mass is 127. The predicted octanol–water partition coefficient (Wildman–Crippen LogP) is 3.20. The molecule has 2 rings (SSSR count). The summed E-state index contributed by atoms with van der Waals surface area (Å²) in [5.74, 6) is 2.58. The molecule has 0 radical (unpaired) electrons. The van der Waals surface area contributed by atoms with Crippen LogP contribution in [0.15, 0.2) is 47.6 Å². The highest BCUT2D eigenvalue weighted by molar-refractivity contribution is 14.0. The fraction of sp³-hybridized carbons (Fsp3) is 0.368. The Bertz CT molecular complexity index is 696. The van der Waals surface area contributed by atoms with Gasteiger partial charge in [0.2, 0.25) is 5.88 Å². The number of para-hydroxylation sites is 2. The van der Waals surface area contributed by atoms with E-state index < -0.39 is 0 Å². The van der Waals surface area contributed by atoms with E-state index in [1.54, 1.807) is 20.4 Å². The van der Waals surface area contributed by atoms with Crippen molar-refractivity contribution in [3.63, 3.8) is 0 Å². The number of guanidine groups is 1. The van der Waals surface area contributed by atoms with Crippen molar-refractivity contribution in [1.29, 1.82) is 0 Å². The molecule has 0 fully saturated rings. The molecule has 0 amide bonds. The number of rotatable bonds is 9. The fourth-order valence-corrected chi connectivity index (χ4v) is 2.18. The van der Waals surface area contributed by atoms with Crippen molar-refractivity contribution in [2.75, 3.05) is 33.9 Å². The van der Waals surface area contributed by atoms with Gasteiger partial charge in [-0.15, -0.1) is 24.0 Å². The number of hydrogen-bond acceptors (Lipinski definition) is 5. The molecule has 0 atom stereocenters. The smallest absolute Gasteiger partial charge is 0.219 e. The third kappa shape index (κ3) is 8.00. The van der Waals surface area contributed by atoms with Crippen LogP contribution in [0.3, 0.4) is 0 Å². The Labute approximate surface area is 177 Å². The van der Waals surface area contributed by atoms with E-state index in [1.165, 1.54) is 0 Å². The van der Waals surface area contributed by atoms with Gasteiger partial charge in [0.15, 0.2) is 17.5 Å². The Morgan fingerprint density at radius 2 is 1.89 bits per heavy atom. The van der Waals surface area contributed by atoms with Gasteiger partial charge < -0.3 is 24.8 Å². The molecule has 0 saturated carbocycles. The quantitative estimate of drug-likeness (QED) is 0.246. The number of halogens is 1. The molecule has 1 heterocycles. The van der Waals surface area contributed by atoms with E-state index in [-0.39, 0.29) is 24.0 Å². The van der Waals surface area contributed by atoms with Crippen LogP contribution in [0.1, 0.15) is 12.5 Å². The first-order chi connectivity index (χ1) is 12.8. The molecular formula is C19H27IN4O3. The molecule has 27 heavy (non-hydrogen) atoms. The van der Waals surface area contributed by atoms with Crippen LogP contribution in [0.5, 0.6) is 17.4 Å². The minimum Gasteiger partial charge on any atom is -0.490 e. The van der Waals surface area contributed by atoms with Crippen LogP contribution in [0, 0.1) is 0 Å². The first kappa shape index (κ1) is 23.0. The van der Waals surface area contributed by atoms with Gasteiger partial charge in [0.25, 0.3) is 0 Å². The lowest BCUT2D eigenvalue weighted by molar-refractivity contribution is 0.203. The third-order valence-electron chi connectivity index (χ3n) is 3.44. The summed E-state index contributed by atoms with van der Waals surface area (Å²) >= 11 is 0. The zero-order valence-electron chi connectivity index (χ0n) is 15.9. The molecule has 0 unspecified atom stereocenters. The number of aliphatic imine (C=N–C) groups is 1. The van der Waals surface area contributed by atoms with Gasteiger partial charge in [0.1, 0.15) is 0 Å². The number of ether oxygens (including phenoxy) is 3. The number of methoxy groups -OCH3 is 1. The molecular weight excluding hydrogens is 459 g/mol. The van der Waals surface area contributed by atoms with Crippen LogP contribution >= 0.6 is 24.0 Å². The predicted molar refractivity (Wildman–Crippen MR) is 117 cm³/mol. The fourth-order valence-electron chi connectivity index (χ4n) is 2.18. The number of hydrogen-bond donors (Lipinski definition) is 2. The van der Waals surface area contributed by atoms with Crippen LogP contribution in [-0.4, -0.2) is 44.9 Å². The second kappa shape index (κ2) is 13.2. The average Bonchev–Trinajstić information content (AvgIpc) is 2.67. The van der Waals surface area contributed by atoms with E-state index >= 15 is 0 Å². The summed E-state index contributed by atoms with van der Waals surface area (Å²) in [6, 6.07) is 11.3. The van der Waals surface area contributed by atoms with Crippen molar-refractivity contribution in [3.05, 3.63) is 48.2 Å². The number of nitrogens with zero attached hydrogens (tertiary/aromatic N) is 2. The van der Waals surface area contributed by atoms with E-state index in [2.05, 4.69) is 20.6 Å². The highest BCUT2D eigenvalue weighted by Crippen LogP contribution is 2.30. The van der Waals surface area contributed by atoms with Gasteiger partial charge in [-0.2, -0.15) is 0 Å². The summed E-state index contributed by atoms with van der Waals surface area (Å²) in [5, 5.41) is 6.38. The first-order valence-corrected chi connectivity index (χ1v) is 8.55. The molecule has 0 aliphatic rings. The van der Waals surface area contributed by atoms with Gasteiger partial charge in [-0.05, 0) is 24.6 Å². The van der Waals surface area contributed by atoms with E-state index in [0.717, 1.165) is 5.56 Å². The normalized spacial score (nSPS) is 10.7. The minimum atomic E-state index is 0. The molecule has 2 N–H and O–H groups in total. The Morgan fingerprint density at radius 1 is 1.11 bits per heavy atom. The van der Waals surface area contributed by atoms with Gasteiger partial charge >= 0.3 is 0 Å². The van der Waals surface area contributed by atoms with E-state index in [0.29, 0.717) is 49.6 Å². The Balaban J connectivity index is 0.00000364. The second-order valence-corrected chi connectivity index (χ2v) is 5.33.